The van der Waals surface area contributed by atoms with Crippen molar-refractivity contribution in [2.24, 2.45) is 17.4 Å². The number of nitrogens with zero attached hydrogens (tertiary/aromatic N) is 4. The topological polar surface area (TPSA) is 119 Å². The summed E-state index contributed by atoms with van der Waals surface area (Å²) in [6.07, 6.45) is 6.99. The minimum Gasteiger partial charge on any atom is -0.326 e. The summed E-state index contributed by atoms with van der Waals surface area (Å²) in [5.41, 5.74) is 20.3. The molecule has 0 aliphatic rings. The smallest absolute Gasteiger partial charge is 0.160 e. The molecule has 5 N–H and O–H groups in total. The second kappa shape index (κ2) is 10.0. The Morgan fingerprint density at radius 3 is 2.46 bits per heavy atom. The molecule has 0 saturated heterocycles. The van der Waals surface area contributed by atoms with E-state index >= 15 is 0 Å². The summed E-state index contributed by atoms with van der Waals surface area (Å²) < 4.78 is 0.963. The lowest BCUT2D eigenvalue weighted by molar-refractivity contribution is 0.537. The maximum Gasteiger partial charge on any atom is 0.160 e. The molecule has 4 heterocycles. The highest BCUT2D eigenvalue weighted by Gasteiger charge is 2.25. The largest absolute Gasteiger partial charge is 0.326 e. The number of rotatable bonds is 8. The molecular weight excluding hydrogens is 454 g/mol. The van der Waals surface area contributed by atoms with E-state index in [-0.39, 0.29) is 6.04 Å². The van der Waals surface area contributed by atoms with Crippen LogP contribution < -0.4 is 11.5 Å². The Labute approximate surface area is 208 Å². The molecule has 0 aliphatic carbocycles. The quantitative estimate of drug-likeness (QED) is 0.288. The number of fused-ring (bicyclic) bond motifs is 1. The first-order valence-electron chi connectivity index (χ1n) is 11.8. The zero-order valence-electron chi connectivity index (χ0n) is 19.8. The maximum atomic E-state index is 6.78. The second-order valence-corrected chi connectivity index (χ2v) is 10.1. The summed E-state index contributed by atoms with van der Waals surface area (Å²) in [7, 11) is 0. The molecule has 2 atom stereocenters. The first-order chi connectivity index (χ1) is 17.0. The number of aromatic amines is 1. The van der Waals surface area contributed by atoms with Crippen LogP contribution in [0.5, 0.6) is 0 Å². The number of pyridine rings is 1. The molecule has 2 unspecified atom stereocenters. The van der Waals surface area contributed by atoms with E-state index in [0.717, 1.165) is 50.3 Å². The monoisotopic (exact) mass is 483 g/mol. The Balaban J connectivity index is 1.63. The summed E-state index contributed by atoms with van der Waals surface area (Å²) >= 11 is 1.61. The number of hydrogen-bond donors (Lipinski definition) is 3. The van der Waals surface area contributed by atoms with Gasteiger partial charge < -0.3 is 11.5 Å². The van der Waals surface area contributed by atoms with Gasteiger partial charge in [0.05, 0.1) is 27.6 Å². The summed E-state index contributed by atoms with van der Waals surface area (Å²) in [6.45, 7) is 4.39. The first-order valence-corrected chi connectivity index (χ1v) is 12.7. The highest BCUT2D eigenvalue weighted by molar-refractivity contribution is 7.17. The van der Waals surface area contributed by atoms with Crippen molar-refractivity contribution < 1.29 is 0 Å². The number of benzene rings is 1. The first kappa shape index (κ1) is 23.3. The van der Waals surface area contributed by atoms with Crippen molar-refractivity contribution in [3.63, 3.8) is 0 Å². The molecule has 7 nitrogen and oxygen atoms in total. The zero-order valence-corrected chi connectivity index (χ0v) is 20.7. The standard InChI is InChI=1S/C27H29N7S/c1-16(2)12-22-19(14-31-34-22)20-15-35-26-24(20)32-27(18-8-10-30-11-9-18)33-25(26)23(29)21(28)13-17-6-4-3-5-7-17/h3-11,14-16,21,23H,12-13,28-29H2,1-2H3,(H,31,34). The molecule has 1 aromatic carbocycles. The molecule has 0 spiro atoms. The molecular formula is C27H29N7S. The fourth-order valence-corrected chi connectivity index (χ4v) is 5.34. The SMILES string of the molecule is CC(C)Cc1n[nH]cc1-c1csc2c(C(N)C(N)Cc3ccccc3)nc(-c3ccncc3)nc12. The van der Waals surface area contributed by atoms with Gasteiger partial charge in [-0.2, -0.15) is 5.10 Å². The zero-order chi connectivity index (χ0) is 24.4. The molecule has 0 bridgehead atoms. The van der Waals surface area contributed by atoms with E-state index in [9.17, 15) is 0 Å². The highest BCUT2D eigenvalue weighted by atomic mass is 32.1. The van der Waals surface area contributed by atoms with E-state index in [1.165, 1.54) is 0 Å². The highest BCUT2D eigenvalue weighted by Crippen LogP contribution is 2.38. The van der Waals surface area contributed by atoms with Crippen LogP contribution >= 0.6 is 11.3 Å². The fourth-order valence-electron chi connectivity index (χ4n) is 4.30. The number of nitrogens with two attached hydrogens (primary N) is 2. The molecule has 0 fully saturated rings. The Morgan fingerprint density at radius 1 is 0.943 bits per heavy atom. The Kier molecular flexibility index (Phi) is 6.68. The van der Waals surface area contributed by atoms with Crippen LogP contribution in [-0.4, -0.2) is 31.2 Å². The predicted molar refractivity (Wildman–Crippen MR) is 142 cm³/mol. The molecule has 35 heavy (non-hydrogen) atoms. The van der Waals surface area contributed by atoms with Crippen LogP contribution in [-0.2, 0) is 12.8 Å². The Hall–Kier alpha value is -3.46. The normalized spacial score (nSPS) is 13.4. The molecule has 0 saturated carbocycles. The number of aromatic nitrogens is 5. The van der Waals surface area contributed by atoms with Gasteiger partial charge in [-0.1, -0.05) is 44.2 Å². The molecule has 5 aromatic rings. The molecule has 0 radical (unpaired) electrons. The summed E-state index contributed by atoms with van der Waals surface area (Å²) in [5, 5.41) is 9.69. The van der Waals surface area contributed by atoms with Crippen LogP contribution in [0.25, 0.3) is 32.7 Å². The minimum absolute atomic E-state index is 0.295. The second-order valence-electron chi connectivity index (χ2n) is 9.22. The van der Waals surface area contributed by atoms with Crippen LogP contribution in [0.3, 0.4) is 0 Å². The molecule has 0 amide bonds. The molecule has 178 valence electrons. The fraction of sp³-hybridized carbons (Fsp3) is 0.259. The predicted octanol–water partition coefficient (Wildman–Crippen LogP) is 4.91. The molecule has 5 rings (SSSR count). The van der Waals surface area contributed by atoms with E-state index in [0.29, 0.717) is 18.2 Å². The van der Waals surface area contributed by atoms with Crippen LogP contribution in [0.15, 0.2) is 66.4 Å². The summed E-state index contributed by atoms with van der Waals surface area (Å²) in [4.78, 5) is 14.1. The van der Waals surface area contributed by atoms with Crippen LogP contribution in [0.4, 0.5) is 0 Å². The molecule has 8 heteroatoms. The molecule has 4 aromatic heterocycles. The van der Waals surface area contributed by atoms with E-state index < -0.39 is 6.04 Å². The van der Waals surface area contributed by atoms with Crippen molar-refractivity contribution in [3.8, 4) is 22.5 Å². The van der Waals surface area contributed by atoms with Gasteiger partial charge in [0, 0.05) is 46.7 Å². The number of H-pyrrole nitrogens is 1. The average molecular weight is 484 g/mol. The maximum absolute atomic E-state index is 6.78. The van der Waals surface area contributed by atoms with Crippen molar-refractivity contribution in [2.45, 2.75) is 38.8 Å². The van der Waals surface area contributed by atoms with Gasteiger partial charge in [-0.15, -0.1) is 11.3 Å². The van der Waals surface area contributed by atoms with Gasteiger partial charge in [0.2, 0.25) is 0 Å². The van der Waals surface area contributed by atoms with E-state index in [2.05, 4.69) is 46.5 Å². The number of nitrogens with one attached hydrogen (secondary N) is 1. The van der Waals surface area contributed by atoms with E-state index in [1.54, 1.807) is 23.7 Å². The van der Waals surface area contributed by atoms with Crippen LogP contribution in [0, 0.1) is 5.92 Å². The third-order valence-corrected chi connectivity index (χ3v) is 7.07. The Bertz CT molecular complexity index is 1410. The van der Waals surface area contributed by atoms with Crippen LogP contribution in [0.2, 0.25) is 0 Å². The van der Waals surface area contributed by atoms with Gasteiger partial charge in [-0.25, -0.2) is 9.97 Å². The van der Waals surface area contributed by atoms with Gasteiger partial charge in [0.1, 0.15) is 0 Å². The van der Waals surface area contributed by atoms with Crippen molar-refractivity contribution in [1.29, 1.82) is 0 Å². The number of thiophene rings is 1. The molecule has 0 aliphatic heterocycles. The minimum atomic E-state index is -0.452. The Morgan fingerprint density at radius 2 is 1.71 bits per heavy atom. The van der Waals surface area contributed by atoms with Crippen LogP contribution in [0.1, 0.15) is 36.8 Å². The van der Waals surface area contributed by atoms with Crippen molar-refractivity contribution in [3.05, 3.63) is 83.4 Å². The number of hydrogen-bond acceptors (Lipinski definition) is 7. The van der Waals surface area contributed by atoms with Gasteiger partial charge in [0.25, 0.3) is 0 Å². The summed E-state index contributed by atoms with van der Waals surface area (Å²) in [6, 6.07) is 13.3. The lowest BCUT2D eigenvalue weighted by Crippen LogP contribution is -2.36. The van der Waals surface area contributed by atoms with Gasteiger partial charge in [-0.3, -0.25) is 10.1 Å². The third-order valence-electron chi connectivity index (χ3n) is 6.08. The van der Waals surface area contributed by atoms with E-state index in [1.807, 2.05) is 36.5 Å². The van der Waals surface area contributed by atoms with Gasteiger partial charge in [-0.05, 0) is 36.5 Å². The lowest BCUT2D eigenvalue weighted by Gasteiger charge is -2.21. The van der Waals surface area contributed by atoms with Crippen molar-refractivity contribution in [2.75, 3.05) is 0 Å². The van der Waals surface area contributed by atoms with Gasteiger partial charge in [0.15, 0.2) is 5.82 Å². The third kappa shape index (κ3) is 4.86. The van der Waals surface area contributed by atoms with Crippen molar-refractivity contribution >= 4 is 21.6 Å². The lowest BCUT2D eigenvalue weighted by atomic mass is 9.97. The average Bonchev–Trinajstić information content (AvgIpc) is 3.50. The van der Waals surface area contributed by atoms with Gasteiger partial charge >= 0.3 is 0 Å². The summed E-state index contributed by atoms with van der Waals surface area (Å²) in [5.74, 6) is 1.11. The van der Waals surface area contributed by atoms with E-state index in [4.69, 9.17) is 21.4 Å². The van der Waals surface area contributed by atoms with Crippen molar-refractivity contribution in [1.82, 2.24) is 25.1 Å².